The molecule has 2 aromatic carbocycles. The highest BCUT2D eigenvalue weighted by Gasteiger charge is 2.46. The van der Waals surface area contributed by atoms with Crippen LogP contribution in [0.1, 0.15) is 62.6 Å². The number of benzene rings is 2. The van der Waals surface area contributed by atoms with Crippen LogP contribution in [0, 0.1) is 11.8 Å². The number of alkyl halides is 6. The Morgan fingerprint density at radius 2 is 1.59 bits per heavy atom. The van der Waals surface area contributed by atoms with Gasteiger partial charge in [0.2, 0.25) is 0 Å². The molecule has 1 unspecified atom stereocenters. The van der Waals surface area contributed by atoms with Crippen molar-refractivity contribution in [3.05, 3.63) is 41.5 Å². The topological polar surface area (TPSA) is 38.8 Å². The Morgan fingerprint density at radius 3 is 2.16 bits per heavy atom. The maximum Gasteiger partial charge on any atom is 0.420 e. The number of ether oxygens (including phenoxy) is 2. The lowest BCUT2D eigenvalue weighted by Gasteiger charge is -2.38. The normalized spacial score (nSPS) is 23.1. The second kappa shape index (κ2) is 10.7. The molecule has 0 spiro atoms. The number of methoxy groups -OCH3 is 1. The highest BCUT2D eigenvalue weighted by molar-refractivity contribution is 5.89. The largest absolute Gasteiger partial charge is 0.490 e. The van der Waals surface area contributed by atoms with Crippen molar-refractivity contribution in [2.24, 2.45) is 11.8 Å². The first-order chi connectivity index (χ1) is 17.4. The number of carbonyl (C=O) groups is 1. The van der Waals surface area contributed by atoms with Crippen molar-refractivity contribution < 1.29 is 40.6 Å². The van der Waals surface area contributed by atoms with Crippen LogP contribution in [0.2, 0.25) is 0 Å². The van der Waals surface area contributed by atoms with E-state index in [0.717, 1.165) is 25.0 Å². The van der Waals surface area contributed by atoms with E-state index in [2.05, 4.69) is 6.92 Å². The van der Waals surface area contributed by atoms with Gasteiger partial charge in [0.05, 0.1) is 19.1 Å². The number of esters is 1. The van der Waals surface area contributed by atoms with E-state index in [1.54, 1.807) is 0 Å². The van der Waals surface area contributed by atoms with Gasteiger partial charge in [0.1, 0.15) is 17.4 Å². The first-order valence-electron chi connectivity index (χ1n) is 12.6. The average molecular weight is 532 g/mol. The number of nitrogens with zero attached hydrogens (tertiary/aromatic N) is 1. The summed E-state index contributed by atoms with van der Waals surface area (Å²) in [7, 11) is 1.24. The van der Waals surface area contributed by atoms with Crippen molar-refractivity contribution in [3.8, 4) is 5.75 Å². The molecule has 0 aromatic heterocycles. The molecule has 1 saturated carbocycles. The number of rotatable bonds is 5. The van der Waals surface area contributed by atoms with E-state index < -0.39 is 35.8 Å². The number of halogens is 6. The van der Waals surface area contributed by atoms with Crippen LogP contribution >= 0.6 is 0 Å². The Kier molecular flexibility index (Phi) is 7.97. The van der Waals surface area contributed by atoms with Crippen molar-refractivity contribution >= 4 is 16.7 Å². The zero-order valence-electron chi connectivity index (χ0n) is 20.8. The minimum Gasteiger partial charge on any atom is -0.490 e. The molecule has 2 fully saturated rings. The summed E-state index contributed by atoms with van der Waals surface area (Å²) in [5.41, 5.74) is -1.10. The molecule has 2 aliphatic rings. The summed E-state index contributed by atoms with van der Waals surface area (Å²) in [5.74, 6) is -0.699. The zero-order chi connectivity index (χ0) is 27.0. The summed E-state index contributed by atoms with van der Waals surface area (Å²) >= 11 is 0. The van der Waals surface area contributed by atoms with E-state index in [1.807, 2.05) is 0 Å². The average Bonchev–Trinajstić information content (AvgIpc) is 2.83. The standard InChI is InChI=1S/C27H31F6NO3/c1-16-3-7-20(8-4-16)37-22-10-6-18-15-19(5-9-21(18)23(22)26(28,29)30)24(27(31,32)33)34-13-11-17(12-14-34)25(35)36-2/h5-6,9-10,15-17,20,24H,3-4,7-8,11-14H2,1-2H3. The molecule has 1 aliphatic carbocycles. The SMILES string of the molecule is COC(=O)C1CCN(C(c2ccc3c(C(F)(F)F)c(OC4CCC(C)CC4)ccc3c2)C(F)(F)F)CC1. The Morgan fingerprint density at radius 1 is 0.946 bits per heavy atom. The second-order valence-corrected chi connectivity index (χ2v) is 10.2. The predicted molar refractivity (Wildman–Crippen MR) is 126 cm³/mol. The van der Waals surface area contributed by atoms with Crippen LogP contribution in [-0.4, -0.2) is 43.3 Å². The number of carbonyl (C=O) groups excluding carboxylic acids is 1. The molecule has 0 bridgehead atoms. The first-order valence-corrected chi connectivity index (χ1v) is 12.6. The molecule has 0 N–H and O–H groups in total. The molecule has 0 radical (unpaired) electrons. The number of fused-ring (bicyclic) bond motifs is 1. The fourth-order valence-electron chi connectivity index (χ4n) is 5.58. The van der Waals surface area contributed by atoms with E-state index in [0.29, 0.717) is 18.8 Å². The molecule has 1 atom stereocenters. The van der Waals surface area contributed by atoms with Gasteiger partial charge in [0.25, 0.3) is 0 Å². The van der Waals surface area contributed by atoms with Gasteiger partial charge in [0, 0.05) is 0 Å². The van der Waals surface area contributed by atoms with E-state index in [-0.39, 0.29) is 54.1 Å². The predicted octanol–water partition coefficient (Wildman–Crippen LogP) is 7.30. The Labute approximate surface area is 211 Å². The number of piperidine rings is 1. The Bertz CT molecular complexity index is 1100. The number of hydrogen-bond donors (Lipinski definition) is 0. The quantitative estimate of drug-likeness (QED) is 0.300. The first kappa shape index (κ1) is 27.5. The second-order valence-electron chi connectivity index (χ2n) is 10.2. The maximum atomic E-state index is 14.2. The molecule has 1 aliphatic heterocycles. The van der Waals surface area contributed by atoms with Crippen molar-refractivity contribution in [3.63, 3.8) is 0 Å². The fourth-order valence-corrected chi connectivity index (χ4v) is 5.58. The van der Waals surface area contributed by atoms with Crippen molar-refractivity contribution in [2.45, 2.75) is 69.9 Å². The Hall–Kier alpha value is -2.49. The van der Waals surface area contributed by atoms with Gasteiger partial charge in [-0.15, -0.1) is 0 Å². The summed E-state index contributed by atoms with van der Waals surface area (Å²) in [5, 5.41) is -0.128. The molecule has 2 aromatic rings. The van der Waals surface area contributed by atoms with Gasteiger partial charge in [-0.25, -0.2) is 0 Å². The fraction of sp³-hybridized carbons (Fsp3) is 0.593. The van der Waals surface area contributed by atoms with Crippen LogP contribution < -0.4 is 4.74 Å². The molecule has 10 heteroatoms. The van der Waals surface area contributed by atoms with E-state index in [4.69, 9.17) is 9.47 Å². The van der Waals surface area contributed by atoms with Crippen LogP contribution in [0.3, 0.4) is 0 Å². The highest BCUT2D eigenvalue weighted by atomic mass is 19.4. The number of hydrogen-bond acceptors (Lipinski definition) is 4. The van der Waals surface area contributed by atoms with Gasteiger partial charge in [0.15, 0.2) is 0 Å². The van der Waals surface area contributed by atoms with Crippen LogP contribution in [0.5, 0.6) is 5.75 Å². The summed E-state index contributed by atoms with van der Waals surface area (Å²) in [6.45, 7) is 2.13. The van der Waals surface area contributed by atoms with Crippen molar-refractivity contribution in [1.29, 1.82) is 0 Å². The molecule has 4 rings (SSSR count). The smallest absolute Gasteiger partial charge is 0.420 e. The van der Waals surface area contributed by atoms with Gasteiger partial charge in [-0.05, 0) is 86.0 Å². The van der Waals surface area contributed by atoms with Gasteiger partial charge >= 0.3 is 18.3 Å². The van der Waals surface area contributed by atoms with E-state index >= 15 is 0 Å². The minimum atomic E-state index is -4.74. The molecule has 1 heterocycles. The highest BCUT2D eigenvalue weighted by Crippen LogP contribution is 2.45. The third-order valence-corrected chi connectivity index (χ3v) is 7.60. The Balaban J connectivity index is 1.66. The lowest BCUT2D eigenvalue weighted by atomic mass is 9.89. The van der Waals surface area contributed by atoms with Crippen LogP contribution in [0.4, 0.5) is 26.3 Å². The number of likely N-dealkylation sites (tertiary alicyclic amines) is 1. The van der Waals surface area contributed by atoms with Crippen molar-refractivity contribution in [2.75, 3.05) is 20.2 Å². The van der Waals surface area contributed by atoms with Gasteiger partial charge in [-0.3, -0.25) is 9.69 Å². The monoisotopic (exact) mass is 531 g/mol. The van der Waals surface area contributed by atoms with E-state index in [9.17, 15) is 31.1 Å². The van der Waals surface area contributed by atoms with Gasteiger partial charge in [-0.2, -0.15) is 26.3 Å². The lowest BCUT2D eigenvalue weighted by molar-refractivity contribution is -0.190. The lowest BCUT2D eigenvalue weighted by Crippen LogP contribution is -2.44. The summed E-state index contributed by atoms with van der Waals surface area (Å²) in [4.78, 5) is 13.0. The zero-order valence-corrected chi connectivity index (χ0v) is 20.8. The molecule has 1 saturated heterocycles. The minimum absolute atomic E-state index is 0.0164. The molecular formula is C27H31F6NO3. The van der Waals surface area contributed by atoms with E-state index in [1.165, 1.54) is 30.2 Å². The molecule has 0 amide bonds. The summed E-state index contributed by atoms with van der Waals surface area (Å²) in [6.07, 6.45) is -6.21. The molecular weight excluding hydrogens is 500 g/mol. The molecule has 37 heavy (non-hydrogen) atoms. The van der Waals surface area contributed by atoms with Gasteiger partial charge < -0.3 is 9.47 Å². The third-order valence-electron chi connectivity index (χ3n) is 7.60. The van der Waals surface area contributed by atoms with Gasteiger partial charge in [-0.1, -0.05) is 25.1 Å². The third kappa shape index (κ3) is 6.16. The summed E-state index contributed by atoms with van der Waals surface area (Å²) < 4.78 is 95.6. The summed E-state index contributed by atoms with van der Waals surface area (Å²) in [6, 6.07) is 4.03. The van der Waals surface area contributed by atoms with Crippen LogP contribution in [-0.2, 0) is 15.7 Å². The molecule has 4 nitrogen and oxygen atoms in total. The van der Waals surface area contributed by atoms with Crippen molar-refractivity contribution in [1.82, 2.24) is 4.90 Å². The molecule has 204 valence electrons. The maximum absolute atomic E-state index is 14.2. The van der Waals surface area contributed by atoms with Crippen LogP contribution in [0.15, 0.2) is 30.3 Å². The van der Waals surface area contributed by atoms with Crippen LogP contribution in [0.25, 0.3) is 10.8 Å².